The highest BCUT2D eigenvalue weighted by Crippen LogP contribution is 2.30. The maximum absolute atomic E-state index is 11.5. The molecule has 0 aliphatic heterocycles. The summed E-state index contributed by atoms with van der Waals surface area (Å²) in [5.74, 6) is -0.266. The van der Waals surface area contributed by atoms with E-state index >= 15 is 0 Å². The Labute approximate surface area is 111 Å². The Hall–Kier alpha value is -0.820. The quantitative estimate of drug-likeness (QED) is 0.515. The molecule has 1 aromatic carbocycles. The van der Waals surface area contributed by atoms with E-state index in [4.69, 9.17) is 10.5 Å². The van der Waals surface area contributed by atoms with Gasteiger partial charge in [0.1, 0.15) is 4.88 Å². The van der Waals surface area contributed by atoms with Gasteiger partial charge in [0.05, 0.1) is 6.61 Å². The van der Waals surface area contributed by atoms with Crippen molar-refractivity contribution in [3.05, 3.63) is 26.6 Å². The highest BCUT2D eigenvalue weighted by atomic mass is 127. The second kappa shape index (κ2) is 4.58. The van der Waals surface area contributed by atoms with Gasteiger partial charge in [0.25, 0.3) is 0 Å². The lowest BCUT2D eigenvalue weighted by atomic mass is 10.2. The normalized spacial score (nSPS) is 10.6. The Morgan fingerprint density at radius 2 is 2.25 bits per heavy atom. The first kappa shape index (κ1) is 11.7. The molecule has 0 radical (unpaired) electrons. The molecular weight excluding hydrogens is 337 g/mol. The summed E-state index contributed by atoms with van der Waals surface area (Å²) in [7, 11) is 0. The number of rotatable bonds is 2. The summed E-state index contributed by atoms with van der Waals surface area (Å²) in [6.45, 7) is 2.19. The molecule has 0 fully saturated rings. The Morgan fingerprint density at radius 3 is 2.94 bits per heavy atom. The average Bonchev–Trinajstić information content (AvgIpc) is 2.62. The van der Waals surface area contributed by atoms with Gasteiger partial charge >= 0.3 is 5.97 Å². The number of hydrogen-bond donors (Lipinski definition) is 1. The molecule has 1 aromatic heterocycles. The standard InChI is InChI=1S/C11H10INO2S/c1-2-15-11(14)10-4-6-3-7(12)8(13)5-9(6)16-10/h3-5H,2,13H2,1H3. The lowest BCUT2D eigenvalue weighted by molar-refractivity contribution is 0.0532. The molecule has 0 unspecified atom stereocenters. The van der Waals surface area contributed by atoms with Crippen LogP contribution in [0, 0.1) is 3.57 Å². The maximum atomic E-state index is 11.5. The number of nitrogens with two attached hydrogens (primary N) is 1. The van der Waals surface area contributed by atoms with Crippen LogP contribution in [0.3, 0.4) is 0 Å². The second-order valence-electron chi connectivity index (χ2n) is 3.24. The number of hydrogen-bond acceptors (Lipinski definition) is 4. The Morgan fingerprint density at radius 1 is 1.50 bits per heavy atom. The molecule has 0 saturated heterocycles. The van der Waals surface area contributed by atoms with Crippen molar-refractivity contribution in [2.45, 2.75) is 6.92 Å². The van der Waals surface area contributed by atoms with Crippen LogP contribution >= 0.6 is 33.9 Å². The predicted molar refractivity (Wildman–Crippen MR) is 74.9 cm³/mol. The second-order valence-corrected chi connectivity index (χ2v) is 5.49. The van der Waals surface area contributed by atoms with Crippen molar-refractivity contribution in [2.75, 3.05) is 12.3 Å². The highest BCUT2D eigenvalue weighted by Gasteiger charge is 2.11. The first-order valence-electron chi connectivity index (χ1n) is 4.77. The van der Waals surface area contributed by atoms with Crippen LogP contribution in [0.4, 0.5) is 5.69 Å². The molecule has 16 heavy (non-hydrogen) atoms. The number of carbonyl (C=O) groups is 1. The number of thiophene rings is 1. The Balaban J connectivity index is 2.48. The topological polar surface area (TPSA) is 52.3 Å². The Kier molecular flexibility index (Phi) is 3.34. The van der Waals surface area contributed by atoms with E-state index in [0.29, 0.717) is 11.5 Å². The lowest BCUT2D eigenvalue weighted by Gasteiger charge is -1.96. The SMILES string of the molecule is CCOC(=O)c1cc2cc(I)c(N)cc2s1. The van der Waals surface area contributed by atoms with E-state index in [1.54, 1.807) is 6.92 Å². The van der Waals surface area contributed by atoms with E-state index in [-0.39, 0.29) is 5.97 Å². The van der Waals surface area contributed by atoms with Gasteiger partial charge in [0.15, 0.2) is 0 Å². The molecule has 0 bridgehead atoms. The number of benzene rings is 1. The Bertz CT molecular complexity index is 511. The molecule has 5 heteroatoms. The van der Waals surface area contributed by atoms with Gasteiger partial charge in [-0.15, -0.1) is 11.3 Å². The number of carbonyl (C=O) groups excluding carboxylic acids is 1. The summed E-state index contributed by atoms with van der Waals surface area (Å²) in [4.78, 5) is 12.2. The number of ether oxygens (including phenoxy) is 1. The van der Waals surface area contributed by atoms with Crippen LogP contribution in [0.2, 0.25) is 0 Å². The third-order valence-corrected chi connectivity index (χ3v) is 4.12. The molecule has 84 valence electrons. The summed E-state index contributed by atoms with van der Waals surface area (Å²) in [5, 5.41) is 1.03. The molecule has 2 rings (SSSR count). The van der Waals surface area contributed by atoms with Gasteiger partial charge in [-0.05, 0) is 53.1 Å². The fourth-order valence-electron chi connectivity index (χ4n) is 1.38. The highest BCUT2D eigenvalue weighted by molar-refractivity contribution is 14.1. The van der Waals surface area contributed by atoms with Crippen molar-refractivity contribution < 1.29 is 9.53 Å². The van der Waals surface area contributed by atoms with Crippen molar-refractivity contribution in [3.8, 4) is 0 Å². The van der Waals surface area contributed by atoms with Crippen molar-refractivity contribution in [2.24, 2.45) is 0 Å². The van der Waals surface area contributed by atoms with Gasteiger partial charge in [0.2, 0.25) is 0 Å². The van der Waals surface area contributed by atoms with E-state index in [9.17, 15) is 4.79 Å². The zero-order valence-electron chi connectivity index (χ0n) is 8.62. The van der Waals surface area contributed by atoms with Gasteiger partial charge in [-0.3, -0.25) is 0 Å². The van der Waals surface area contributed by atoms with Gasteiger partial charge in [-0.25, -0.2) is 4.79 Å². The van der Waals surface area contributed by atoms with Crippen LogP contribution < -0.4 is 5.73 Å². The largest absolute Gasteiger partial charge is 0.462 e. The third kappa shape index (κ3) is 2.15. The van der Waals surface area contributed by atoms with Crippen molar-refractivity contribution in [3.63, 3.8) is 0 Å². The molecule has 0 aliphatic carbocycles. The summed E-state index contributed by atoms with van der Waals surface area (Å²) < 4.78 is 6.97. The fourth-order valence-corrected chi connectivity index (χ4v) is 2.86. The summed E-state index contributed by atoms with van der Waals surface area (Å²) in [5.41, 5.74) is 6.55. The van der Waals surface area contributed by atoms with Crippen LogP contribution in [-0.4, -0.2) is 12.6 Å². The zero-order chi connectivity index (χ0) is 11.7. The maximum Gasteiger partial charge on any atom is 0.348 e. The van der Waals surface area contributed by atoms with Crippen molar-refractivity contribution >= 4 is 55.7 Å². The minimum atomic E-state index is -0.266. The minimum Gasteiger partial charge on any atom is -0.462 e. The van der Waals surface area contributed by atoms with E-state index < -0.39 is 0 Å². The van der Waals surface area contributed by atoms with Crippen LogP contribution in [0.1, 0.15) is 16.6 Å². The number of fused-ring (bicyclic) bond motifs is 1. The molecule has 2 aromatic rings. The van der Waals surface area contributed by atoms with Gasteiger partial charge in [-0.1, -0.05) is 0 Å². The van der Waals surface area contributed by atoms with Gasteiger partial charge in [-0.2, -0.15) is 0 Å². The zero-order valence-corrected chi connectivity index (χ0v) is 11.6. The number of nitrogen functional groups attached to an aromatic ring is 1. The first-order chi connectivity index (χ1) is 7.61. The molecule has 0 saturated carbocycles. The molecule has 1 heterocycles. The first-order valence-corrected chi connectivity index (χ1v) is 6.67. The molecule has 0 aliphatic rings. The van der Waals surface area contributed by atoms with E-state index in [1.807, 2.05) is 18.2 Å². The van der Waals surface area contributed by atoms with Crippen LogP contribution in [-0.2, 0) is 4.74 Å². The van der Waals surface area contributed by atoms with Crippen LogP contribution in [0.5, 0.6) is 0 Å². The number of esters is 1. The number of anilines is 1. The summed E-state index contributed by atoms with van der Waals surface area (Å²) in [6.07, 6.45) is 0. The summed E-state index contributed by atoms with van der Waals surface area (Å²) >= 11 is 3.59. The third-order valence-electron chi connectivity index (χ3n) is 2.11. The van der Waals surface area contributed by atoms with E-state index in [1.165, 1.54) is 11.3 Å². The summed E-state index contributed by atoms with van der Waals surface area (Å²) in [6, 6.07) is 5.72. The number of halogens is 1. The fraction of sp³-hybridized carbons (Fsp3) is 0.182. The van der Waals surface area contributed by atoms with Gasteiger partial charge in [0, 0.05) is 14.0 Å². The minimum absolute atomic E-state index is 0.266. The monoisotopic (exact) mass is 347 g/mol. The molecule has 0 spiro atoms. The molecule has 0 amide bonds. The van der Waals surface area contributed by atoms with Crippen molar-refractivity contribution in [1.82, 2.24) is 0 Å². The van der Waals surface area contributed by atoms with Crippen LogP contribution in [0.15, 0.2) is 18.2 Å². The smallest absolute Gasteiger partial charge is 0.348 e. The van der Waals surface area contributed by atoms with E-state index in [2.05, 4.69) is 22.6 Å². The molecule has 3 nitrogen and oxygen atoms in total. The van der Waals surface area contributed by atoms with Crippen molar-refractivity contribution in [1.29, 1.82) is 0 Å². The van der Waals surface area contributed by atoms with Crippen LogP contribution in [0.25, 0.3) is 10.1 Å². The lowest BCUT2D eigenvalue weighted by Crippen LogP contribution is -2.01. The van der Waals surface area contributed by atoms with E-state index in [0.717, 1.165) is 19.3 Å². The molecular formula is C11H10INO2S. The average molecular weight is 347 g/mol. The van der Waals surface area contributed by atoms with Gasteiger partial charge < -0.3 is 10.5 Å². The molecule has 2 N–H and O–H groups in total. The predicted octanol–water partition coefficient (Wildman–Crippen LogP) is 3.26. The molecule has 0 atom stereocenters.